The fourth-order valence-electron chi connectivity index (χ4n) is 2.93. The number of rotatable bonds is 8. The van der Waals surface area contributed by atoms with Crippen molar-refractivity contribution < 1.29 is 14.3 Å². The van der Waals surface area contributed by atoms with Gasteiger partial charge in [-0.3, -0.25) is 0 Å². The van der Waals surface area contributed by atoms with Gasteiger partial charge >= 0.3 is 12.0 Å². The van der Waals surface area contributed by atoms with Crippen molar-refractivity contribution in [2.45, 2.75) is 45.7 Å². The maximum absolute atomic E-state index is 12.6. The van der Waals surface area contributed by atoms with Gasteiger partial charge in [-0.2, -0.15) is 0 Å². The third-order valence-corrected chi connectivity index (χ3v) is 4.34. The molecule has 1 atom stereocenters. The molecular weight excluding hydrogens is 318 g/mol. The van der Waals surface area contributed by atoms with Gasteiger partial charge in [-0.1, -0.05) is 44.2 Å². The minimum Gasteiger partial charge on any atom is -0.463 e. The lowest BCUT2D eigenvalue weighted by atomic mass is 9.95. The fraction of sp³-hybridized carbons (Fsp3) is 0.474. The zero-order chi connectivity index (χ0) is 18.2. The van der Waals surface area contributed by atoms with Crippen LogP contribution in [0.5, 0.6) is 0 Å². The van der Waals surface area contributed by atoms with Gasteiger partial charge in [0.15, 0.2) is 0 Å². The summed E-state index contributed by atoms with van der Waals surface area (Å²) in [7, 11) is 0. The summed E-state index contributed by atoms with van der Waals surface area (Å²) in [6.45, 7) is 6.68. The smallest absolute Gasteiger partial charge is 0.338 e. The quantitative estimate of drug-likeness (QED) is 0.633. The van der Waals surface area contributed by atoms with E-state index in [1.165, 1.54) is 0 Å². The van der Waals surface area contributed by atoms with E-state index in [4.69, 9.17) is 4.74 Å². The monoisotopic (exact) mass is 345 g/mol. The summed E-state index contributed by atoms with van der Waals surface area (Å²) < 4.78 is 5.24. The Balaban J connectivity index is 2.38. The Morgan fingerprint density at radius 1 is 1.20 bits per heavy atom. The number of hydrogen-bond acceptors (Lipinski definition) is 4. The van der Waals surface area contributed by atoms with Gasteiger partial charge in [0.1, 0.15) is 0 Å². The van der Waals surface area contributed by atoms with E-state index in [2.05, 4.69) is 29.8 Å². The summed E-state index contributed by atoms with van der Waals surface area (Å²) in [5, 5.41) is 9.01. The first-order valence-corrected chi connectivity index (χ1v) is 8.86. The molecular formula is C19H27N3O3. The second-order valence-corrected chi connectivity index (χ2v) is 5.95. The van der Waals surface area contributed by atoms with Crippen molar-refractivity contribution >= 4 is 12.0 Å². The molecule has 6 heteroatoms. The van der Waals surface area contributed by atoms with E-state index in [9.17, 15) is 9.59 Å². The molecule has 0 radical (unpaired) electrons. The highest BCUT2D eigenvalue weighted by molar-refractivity contribution is 5.95. The zero-order valence-electron chi connectivity index (χ0n) is 15.1. The van der Waals surface area contributed by atoms with Crippen molar-refractivity contribution in [3.63, 3.8) is 0 Å². The maximum atomic E-state index is 12.6. The first kappa shape index (κ1) is 19.0. The van der Waals surface area contributed by atoms with Crippen molar-refractivity contribution in [2.24, 2.45) is 0 Å². The van der Waals surface area contributed by atoms with Gasteiger partial charge in [0.25, 0.3) is 0 Å². The molecule has 6 nitrogen and oxygen atoms in total. The number of esters is 1. The Morgan fingerprint density at radius 3 is 2.48 bits per heavy atom. The number of nitrogens with one attached hydrogen (secondary N) is 3. The normalized spacial score (nSPS) is 17.3. The van der Waals surface area contributed by atoms with Crippen LogP contribution in [-0.4, -0.2) is 31.2 Å². The average Bonchev–Trinajstić information content (AvgIpc) is 2.63. The lowest BCUT2D eigenvalue weighted by molar-refractivity contribution is -0.139. The number of ether oxygens (including phenoxy) is 1. The molecule has 1 aromatic carbocycles. The molecule has 2 amide bonds. The van der Waals surface area contributed by atoms with Crippen LogP contribution in [-0.2, 0) is 9.53 Å². The second kappa shape index (κ2) is 9.22. The maximum Gasteiger partial charge on any atom is 0.338 e. The van der Waals surface area contributed by atoms with Gasteiger partial charge < -0.3 is 20.7 Å². The summed E-state index contributed by atoms with van der Waals surface area (Å²) in [5.41, 5.74) is 1.87. The Labute approximate surface area is 149 Å². The van der Waals surface area contributed by atoms with Gasteiger partial charge in [-0.15, -0.1) is 0 Å². The SMILES string of the molecule is CCOC(=O)C1=C(CNC(CC)CC)NC(=O)N[C@H]1c1ccccc1. The van der Waals surface area contributed by atoms with Crippen LogP contribution in [0.2, 0.25) is 0 Å². The number of benzene rings is 1. The molecule has 2 rings (SSSR count). The van der Waals surface area contributed by atoms with E-state index in [1.54, 1.807) is 6.92 Å². The highest BCUT2D eigenvalue weighted by atomic mass is 16.5. The van der Waals surface area contributed by atoms with Crippen LogP contribution < -0.4 is 16.0 Å². The third-order valence-electron chi connectivity index (χ3n) is 4.34. The lowest BCUT2D eigenvalue weighted by Crippen LogP contribution is -2.48. The fourth-order valence-corrected chi connectivity index (χ4v) is 2.93. The molecule has 0 aliphatic carbocycles. The number of amides is 2. The Kier molecular flexibility index (Phi) is 7.01. The molecule has 3 N–H and O–H groups in total. The topological polar surface area (TPSA) is 79.5 Å². The predicted molar refractivity (Wildman–Crippen MR) is 96.9 cm³/mol. The Hall–Kier alpha value is -2.34. The molecule has 0 saturated carbocycles. The van der Waals surface area contributed by atoms with E-state index in [-0.39, 0.29) is 12.6 Å². The number of carbonyl (C=O) groups is 2. The Morgan fingerprint density at radius 2 is 1.88 bits per heavy atom. The van der Waals surface area contributed by atoms with E-state index >= 15 is 0 Å². The minimum atomic E-state index is -0.521. The van der Waals surface area contributed by atoms with Crippen molar-refractivity contribution in [3.8, 4) is 0 Å². The Bertz CT molecular complexity index is 624. The van der Waals surface area contributed by atoms with Crippen LogP contribution in [0.3, 0.4) is 0 Å². The highest BCUT2D eigenvalue weighted by Gasteiger charge is 2.33. The molecule has 0 fully saturated rings. The highest BCUT2D eigenvalue weighted by Crippen LogP contribution is 2.27. The van der Waals surface area contributed by atoms with Crippen molar-refractivity contribution in [1.29, 1.82) is 0 Å². The minimum absolute atomic E-state index is 0.283. The van der Waals surface area contributed by atoms with Crippen LogP contribution in [0.15, 0.2) is 41.6 Å². The van der Waals surface area contributed by atoms with Crippen molar-refractivity contribution in [3.05, 3.63) is 47.2 Å². The summed E-state index contributed by atoms with van der Waals surface area (Å²) >= 11 is 0. The van der Waals surface area contributed by atoms with E-state index < -0.39 is 12.0 Å². The van der Waals surface area contributed by atoms with Gasteiger partial charge in [-0.25, -0.2) is 9.59 Å². The van der Waals surface area contributed by atoms with Crippen LogP contribution in [0.25, 0.3) is 0 Å². The van der Waals surface area contributed by atoms with Gasteiger partial charge in [0.2, 0.25) is 0 Å². The summed E-state index contributed by atoms with van der Waals surface area (Å²) in [4.78, 5) is 24.7. The third kappa shape index (κ3) is 4.82. The van der Waals surface area contributed by atoms with E-state index in [0.717, 1.165) is 18.4 Å². The molecule has 136 valence electrons. The van der Waals surface area contributed by atoms with Crippen LogP contribution >= 0.6 is 0 Å². The van der Waals surface area contributed by atoms with Gasteiger partial charge in [0, 0.05) is 18.3 Å². The van der Waals surface area contributed by atoms with Crippen molar-refractivity contribution in [1.82, 2.24) is 16.0 Å². The van der Waals surface area contributed by atoms with E-state index in [0.29, 0.717) is 23.9 Å². The van der Waals surface area contributed by atoms with Crippen LogP contribution in [0.1, 0.15) is 45.2 Å². The molecule has 0 saturated heterocycles. The lowest BCUT2D eigenvalue weighted by Gasteiger charge is -2.30. The largest absolute Gasteiger partial charge is 0.463 e. The van der Waals surface area contributed by atoms with Crippen LogP contribution in [0.4, 0.5) is 4.79 Å². The van der Waals surface area contributed by atoms with E-state index in [1.807, 2.05) is 30.3 Å². The number of hydrogen-bond donors (Lipinski definition) is 3. The summed E-state index contributed by atoms with van der Waals surface area (Å²) in [6.07, 6.45) is 1.96. The molecule has 0 aromatic heterocycles. The first-order valence-electron chi connectivity index (χ1n) is 8.86. The van der Waals surface area contributed by atoms with Gasteiger partial charge in [-0.05, 0) is 25.3 Å². The molecule has 1 aliphatic heterocycles. The molecule has 0 spiro atoms. The molecule has 1 heterocycles. The number of urea groups is 1. The molecule has 25 heavy (non-hydrogen) atoms. The zero-order valence-corrected chi connectivity index (χ0v) is 15.1. The van der Waals surface area contributed by atoms with Crippen molar-refractivity contribution in [2.75, 3.05) is 13.2 Å². The average molecular weight is 345 g/mol. The summed E-state index contributed by atoms with van der Waals surface area (Å²) in [5.74, 6) is -0.412. The van der Waals surface area contributed by atoms with Gasteiger partial charge in [0.05, 0.1) is 18.2 Å². The second-order valence-electron chi connectivity index (χ2n) is 5.95. The molecule has 1 aliphatic rings. The first-order chi connectivity index (χ1) is 12.1. The van der Waals surface area contributed by atoms with Crippen LogP contribution in [0, 0.1) is 0 Å². The standard InChI is InChI=1S/C19H27N3O3/c1-4-14(5-2)20-12-15-16(18(23)25-6-3)17(22-19(24)21-15)13-10-8-7-9-11-13/h7-11,14,17,20H,4-6,12H2,1-3H3,(H2,21,22,24)/t17-/m0/s1. The molecule has 0 bridgehead atoms. The predicted octanol–water partition coefficient (Wildman–Crippen LogP) is 2.64. The number of carbonyl (C=O) groups excluding carboxylic acids is 2. The summed E-state index contributed by atoms with van der Waals surface area (Å²) in [6, 6.07) is 8.94. The molecule has 1 aromatic rings. The molecule has 0 unspecified atom stereocenters.